The molecular formula is C12H19N3O3. The van der Waals surface area contributed by atoms with Gasteiger partial charge in [-0.15, -0.1) is 0 Å². The molecule has 2 N–H and O–H groups in total. The maximum Gasteiger partial charge on any atom is 0.257 e. The van der Waals surface area contributed by atoms with Crippen molar-refractivity contribution in [1.82, 2.24) is 14.9 Å². The summed E-state index contributed by atoms with van der Waals surface area (Å²) in [7, 11) is 0. The summed E-state index contributed by atoms with van der Waals surface area (Å²) in [6.45, 7) is 7.91. The normalized spacial score (nSPS) is 21.4. The van der Waals surface area contributed by atoms with E-state index in [9.17, 15) is 9.90 Å². The van der Waals surface area contributed by atoms with Gasteiger partial charge in [-0.3, -0.25) is 9.69 Å². The van der Waals surface area contributed by atoms with Gasteiger partial charge in [0.2, 0.25) is 5.88 Å². The van der Waals surface area contributed by atoms with Crippen LogP contribution in [0.15, 0.2) is 4.79 Å². The SMILES string of the molecule is Cc1c(O)nc(C2CN(C(C)C)CCO2)[nH]c1=O. The zero-order valence-electron chi connectivity index (χ0n) is 10.9. The van der Waals surface area contributed by atoms with Gasteiger partial charge in [0, 0.05) is 19.1 Å². The Bertz CT molecular complexity index is 484. The first-order valence-corrected chi connectivity index (χ1v) is 6.14. The van der Waals surface area contributed by atoms with Crippen molar-refractivity contribution in [2.24, 2.45) is 0 Å². The minimum Gasteiger partial charge on any atom is -0.493 e. The Balaban J connectivity index is 2.24. The molecule has 1 aromatic rings. The number of rotatable bonds is 2. The first-order valence-electron chi connectivity index (χ1n) is 6.14. The van der Waals surface area contributed by atoms with Crippen LogP contribution in [-0.2, 0) is 4.74 Å². The first-order chi connectivity index (χ1) is 8.49. The molecule has 1 aromatic heterocycles. The van der Waals surface area contributed by atoms with Gasteiger partial charge in [-0.2, -0.15) is 4.98 Å². The van der Waals surface area contributed by atoms with Crippen LogP contribution in [0.5, 0.6) is 5.88 Å². The van der Waals surface area contributed by atoms with Crippen LogP contribution in [0.4, 0.5) is 0 Å². The van der Waals surface area contributed by atoms with Gasteiger partial charge < -0.3 is 14.8 Å². The van der Waals surface area contributed by atoms with Crippen LogP contribution in [-0.4, -0.2) is 45.7 Å². The molecule has 100 valence electrons. The second-order valence-electron chi connectivity index (χ2n) is 4.85. The first kappa shape index (κ1) is 13.0. The van der Waals surface area contributed by atoms with Crippen molar-refractivity contribution in [3.8, 4) is 5.88 Å². The lowest BCUT2D eigenvalue weighted by Crippen LogP contribution is -2.43. The van der Waals surface area contributed by atoms with E-state index in [1.54, 1.807) is 0 Å². The molecule has 1 aliphatic rings. The average Bonchev–Trinajstić information content (AvgIpc) is 2.35. The van der Waals surface area contributed by atoms with Crippen molar-refractivity contribution in [3.05, 3.63) is 21.7 Å². The van der Waals surface area contributed by atoms with E-state index in [0.717, 1.165) is 6.54 Å². The van der Waals surface area contributed by atoms with Gasteiger partial charge in [-0.05, 0) is 20.8 Å². The Morgan fingerprint density at radius 3 is 2.89 bits per heavy atom. The standard InChI is InChI=1S/C12H19N3O3/c1-7(2)15-4-5-18-9(6-15)10-13-11(16)8(3)12(17)14-10/h7,9H,4-6H2,1-3H3,(H2,13,14,16,17). The van der Waals surface area contributed by atoms with Crippen LogP contribution in [0.25, 0.3) is 0 Å². The summed E-state index contributed by atoms with van der Waals surface area (Å²) in [5, 5.41) is 9.59. The molecule has 1 atom stereocenters. The highest BCUT2D eigenvalue weighted by Crippen LogP contribution is 2.21. The molecule has 0 spiro atoms. The largest absolute Gasteiger partial charge is 0.493 e. The zero-order chi connectivity index (χ0) is 13.3. The Morgan fingerprint density at radius 1 is 1.56 bits per heavy atom. The van der Waals surface area contributed by atoms with Crippen molar-refractivity contribution < 1.29 is 9.84 Å². The fourth-order valence-electron chi connectivity index (χ4n) is 1.99. The van der Waals surface area contributed by atoms with E-state index in [4.69, 9.17) is 4.74 Å². The molecule has 0 bridgehead atoms. The lowest BCUT2D eigenvalue weighted by Gasteiger charge is -2.34. The van der Waals surface area contributed by atoms with E-state index in [-0.39, 0.29) is 23.1 Å². The van der Waals surface area contributed by atoms with Crippen LogP contribution in [0.3, 0.4) is 0 Å². The number of ether oxygens (including phenoxy) is 1. The molecule has 0 amide bonds. The van der Waals surface area contributed by atoms with E-state index in [1.165, 1.54) is 6.92 Å². The van der Waals surface area contributed by atoms with E-state index in [0.29, 0.717) is 25.0 Å². The van der Waals surface area contributed by atoms with Crippen LogP contribution < -0.4 is 5.56 Å². The zero-order valence-corrected chi connectivity index (χ0v) is 10.9. The molecular weight excluding hydrogens is 234 g/mol. The predicted molar refractivity (Wildman–Crippen MR) is 66.7 cm³/mol. The molecule has 2 rings (SSSR count). The number of nitrogens with one attached hydrogen (secondary N) is 1. The Kier molecular flexibility index (Phi) is 3.68. The van der Waals surface area contributed by atoms with Crippen LogP contribution in [0, 0.1) is 6.92 Å². The fraction of sp³-hybridized carbons (Fsp3) is 0.667. The molecule has 1 unspecified atom stereocenters. The molecule has 6 nitrogen and oxygen atoms in total. The Labute approximate surface area is 106 Å². The molecule has 0 aliphatic carbocycles. The number of nitrogens with zero attached hydrogens (tertiary/aromatic N) is 2. The third-order valence-corrected chi connectivity index (χ3v) is 3.28. The van der Waals surface area contributed by atoms with Crippen molar-refractivity contribution in [3.63, 3.8) is 0 Å². The van der Waals surface area contributed by atoms with E-state index in [1.807, 2.05) is 0 Å². The van der Waals surface area contributed by atoms with E-state index in [2.05, 4.69) is 28.7 Å². The second-order valence-corrected chi connectivity index (χ2v) is 4.85. The lowest BCUT2D eigenvalue weighted by molar-refractivity contribution is -0.0446. The smallest absolute Gasteiger partial charge is 0.257 e. The monoisotopic (exact) mass is 253 g/mol. The van der Waals surface area contributed by atoms with Gasteiger partial charge in [0.25, 0.3) is 5.56 Å². The minimum atomic E-state index is -0.317. The van der Waals surface area contributed by atoms with Gasteiger partial charge >= 0.3 is 0 Å². The number of H-pyrrole nitrogens is 1. The highest BCUT2D eigenvalue weighted by molar-refractivity contribution is 5.21. The quantitative estimate of drug-likeness (QED) is 0.805. The molecule has 1 fully saturated rings. The summed E-state index contributed by atoms with van der Waals surface area (Å²) in [5.74, 6) is 0.174. The molecule has 18 heavy (non-hydrogen) atoms. The maximum absolute atomic E-state index is 11.6. The third-order valence-electron chi connectivity index (χ3n) is 3.28. The van der Waals surface area contributed by atoms with Crippen molar-refractivity contribution in [2.75, 3.05) is 19.7 Å². The fourth-order valence-corrected chi connectivity index (χ4v) is 1.99. The molecule has 1 aliphatic heterocycles. The summed E-state index contributed by atoms with van der Waals surface area (Å²) >= 11 is 0. The molecule has 6 heteroatoms. The van der Waals surface area contributed by atoms with Gasteiger partial charge in [-0.1, -0.05) is 0 Å². The van der Waals surface area contributed by atoms with Crippen molar-refractivity contribution in [2.45, 2.75) is 32.9 Å². The number of morpholine rings is 1. The Hall–Kier alpha value is -1.40. The highest BCUT2D eigenvalue weighted by Gasteiger charge is 2.26. The summed E-state index contributed by atoms with van der Waals surface area (Å²) in [6, 6.07) is 0.419. The van der Waals surface area contributed by atoms with Crippen molar-refractivity contribution in [1.29, 1.82) is 0 Å². The molecule has 0 aromatic carbocycles. The van der Waals surface area contributed by atoms with Crippen LogP contribution >= 0.6 is 0 Å². The van der Waals surface area contributed by atoms with Gasteiger partial charge in [0.05, 0.1) is 12.2 Å². The third kappa shape index (κ3) is 2.54. The lowest BCUT2D eigenvalue weighted by atomic mass is 10.2. The predicted octanol–water partition coefficient (Wildman–Crippen LogP) is 0.566. The van der Waals surface area contributed by atoms with Crippen LogP contribution in [0.2, 0.25) is 0 Å². The molecule has 2 heterocycles. The minimum absolute atomic E-state index is 0.223. The Morgan fingerprint density at radius 2 is 2.28 bits per heavy atom. The summed E-state index contributed by atoms with van der Waals surface area (Å²) in [5.41, 5.74) is -0.0851. The average molecular weight is 253 g/mol. The van der Waals surface area contributed by atoms with E-state index < -0.39 is 0 Å². The van der Waals surface area contributed by atoms with Gasteiger partial charge in [-0.25, -0.2) is 0 Å². The van der Waals surface area contributed by atoms with Crippen LogP contribution in [0.1, 0.15) is 31.3 Å². The number of hydrogen-bond acceptors (Lipinski definition) is 5. The second kappa shape index (κ2) is 5.07. The van der Waals surface area contributed by atoms with Crippen molar-refractivity contribution >= 4 is 0 Å². The van der Waals surface area contributed by atoms with Gasteiger partial charge in [0.1, 0.15) is 11.9 Å². The summed E-state index contributed by atoms with van der Waals surface area (Å²) in [4.78, 5) is 20.5. The maximum atomic E-state index is 11.6. The topological polar surface area (TPSA) is 78.5 Å². The molecule has 0 radical (unpaired) electrons. The number of aromatic amines is 1. The number of hydrogen-bond donors (Lipinski definition) is 2. The molecule has 1 saturated heterocycles. The summed E-state index contributed by atoms with van der Waals surface area (Å²) in [6.07, 6.45) is -0.291. The summed E-state index contributed by atoms with van der Waals surface area (Å²) < 4.78 is 5.61. The van der Waals surface area contributed by atoms with Gasteiger partial charge in [0.15, 0.2) is 0 Å². The number of aromatic hydroxyl groups is 1. The molecule has 0 saturated carbocycles. The van der Waals surface area contributed by atoms with E-state index >= 15 is 0 Å². The highest BCUT2D eigenvalue weighted by atomic mass is 16.5. The number of aromatic nitrogens is 2.